The summed E-state index contributed by atoms with van der Waals surface area (Å²) in [6.07, 6.45) is 0.815. The Hall–Kier alpha value is -2.44. The van der Waals surface area contributed by atoms with Crippen molar-refractivity contribution in [1.82, 2.24) is 10.2 Å². The minimum atomic E-state index is -1.09. The normalized spacial score (nSPS) is 18.5. The van der Waals surface area contributed by atoms with Crippen molar-refractivity contribution in [1.29, 1.82) is 0 Å². The SMILES string of the molecule is CC(C)[C@H](NC(=O)C[C@@H]1CCC(=O)N1Cc1ccccc1F)C(=O)O. The highest BCUT2D eigenvalue weighted by molar-refractivity contribution is 5.85. The van der Waals surface area contributed by atoms with E-state index < -0.39 is 23.7 Å². The maximum atomic E-state index is 13.8. The Morgan fingerprint density at radius 3 is 2.64 bits per heavy atom. The molecule has 0 aromatic heterocycles. The molecule has 25 heavy (non-hydrogen) atoms. The van der Waals surface area contributed by atoms with Crippen LogP contribution < -0.4 is 5.32 Å². The number of carbonyl (C=O) groups is 3. The highest BCUT2D eigenvalue weighted by Crippen LogP contribution is 2.24. The lowest BCUT2D eigenvalue weighted by atomic mass is 10.0. The van der Waals surface area contributed by atoms with Crippen molar-refractivity contribution in [2.24, 2.45) is 5.92 Å². The van der Waals surface area contributed by atoms with Gasteiger partial charge in [-0.15, -0.1) is 0 Å². The topological polar surface area (TPSA) is 86.7 Å². The van der Waals surface area contributed by atoms with Crippen LogP contribution in [-0.4, -0.2) is 39.9 Å². The van der Waals surface area contributed by atoms with Gasteiger partial charge in [-0.05, 0) is 18.4 Å². The highest BCUT2D eigenvalue weighted by Gasteiger charge is 2.34. The Labute approximate surface area is 146 Å². The molecule has 1 aliphatic heterocycles. The molecule has 0 bridgehead atoms. The van der Waals surface area contributed by atoms with Crippen molar-refractivity contribution in [3.8, 4) is 0 Å². The Balaban J connectivity index is 2.02. The monoisotopic (exact) mass is 350 g/mol. The van der Waals surface area contributed by atoms with Gasteiger partial charge in [-0.25, -0.2) is 9.18 Å². The molecule has 136 valence electrons. The second-order valence-electron chi connectivity index (χ2n) is 6.64. The number of carbonyl (C=O) groups excluding carboxylic acids is 2. The van der Waals surface area contributed by atoms with Crippen LogP contribution in [0.15, 0.2) is 24.3 Å². The summed E-state index contributed by atoms with van der Waals surface area (Å²) in [7, 11) is 0. The van der Waals surface area contributed by atoms with Crippen LogP contribution in [-0.2, 0) is 20.9 Å². The molecule has 2 rings (SSSR count). The average molecular weight is 350 g/mol. The molecule has 1 aromatic rings. The molecular formula is C18H23FN2O4. The predicted octanol–water partition coefficient (Wildman–Crippen LogP) is 1.93. The van der Waals surface area contributed by atoms with Gasteiger partial charge in [0.15, 0.2) is 0 Å². The maximum absolute atomic E-state index is 13.8. The fourth-order valence-corrected chi connectivity index (χ4v) is 2.99. The summed E-state index contributed by atoms with van der Waals surface area (Å²) < 4.78 is 13.8. The molecule has 1 fully saturated rings. The van der Waals surface area contributed by atoms with Crippen molar-refractivity contribution >= 4 is 17.8 Å². The quantitative estimate of drug-likeness (QED) is 0.787. The number of hydrogen-bond donors (Lipinski definition) is 2. The van der Waals surface area contributed by atoms with E-state index in [9.17, 15) is 18.8 Å². The Morgan fingerprint density at radius 1 is 1.36 bits per heavy atom. The largest absolute Gasteiger partial charge is 0.480 e. The number of hydrogen-bond acceptors (Lipinski definition) is 3. The molecule has 1 aliphatic rings. The smallest absolute Gasteiger partial charge is 0.326 e. The predicted molar refractivity (Wildman–Crippen MR) is 89.0 cm³/mol. The van der Waals surface area contributed by atoms with Crippen LogP contribution in [0.5, 0.6) is 0 Å². The summed E-state index contributed by atoms with van der Waals surface area (Å²) >= 11 is 0. The Morgan fingerprint density at radius 2 is 2.04 bits per heavy atom. The summed E-state index contributed by atoms with van der Waals surface area (Å²) in [5.41, 5.74) is 0.397. The first-order valence-corrected chi connectivity index (χ1v) is 8.34. The van der Waals surface area contributed by atoms with E-state index in [4.69, 9.17) is 5.11 Å². The van der Waals surface area contributed by atoms with Crippen molar-refractivity contribution in [2.75, 3.05) is 0 Å². The molecule has 0 unspecified atom stereocenters. The fourth-order valence-electron chi connectivity index (χ4n) is 2.99. The van der Waals surface area contributed by atoms with Gasteiger partial charge in [0.25, 0.3) is 0 Å². The average Bonchev–Trinajstić information content (AvgIpc) is 2.87. The number of halogens is 1. The fraction of sp³-hybridized carbons (Fsp3) is 0.500. The first-order valence-electron chi connectivity index (χ1n) is 8.34. The van der Waals surface area contributed by atoms with Gasteiger partial charge in [-0.1, -0.05) is 32.0 Å². The lowest BCUT2D eigenvalue weighted by Gasteiger charge is -2.26. The molecule has 0 radical (unpaired) electrons. The molecule has 2 N–H and O–H groups in total. The molecule has 2 amide bonds. The number of nitrogens with one attached hydrogen (secondary N) is 1. The zero-order valence-corrected chi connectivity index (χ0v) is 14.4. The van der Waals surface area contributed by atoms with E-state index >= 15 is 0 Å². The first-order chi connectivity index (χ1) is 11.8. The van der Waals surface area contributed by atoms with Gasteiger partial charge in [-0.3, -0.25) is 9.59 Å². The van der Waals surface area contributed by atoms with E-state index in [1.54, 1.807) is 32.0 Å². The lowest BCUT2D eigenvalue weighted by Crippen LogP contribution is -2.46. The second kappa shape index (κ2) is 8.09. The molecule has 2 atom stereocenters. The third-order valence-corrected chi connectivity index (χ3v) is 4.42. The lowest BCUT2D eigenvalue weighted by molar-refractivity contribution is -0.143. The van der Waals surface area contributed by atoms with Gasteiger partial charge in [0.05, 0.1) is 0 Å². The highest BCUT2D eigenvalue weighted by atomic mass is 19.1. The van der Waals surface area contributed by atoms with Crippen LogP contribution in [0.3, 0.4) is 0 Å². The number of rotatable bonds is 7. The van der Waals surface area contributed by atoms with Crippen LogP contribution >= 0.6 is 0 Å². The molecule has 1 saturated heterocycles. The van der Waals surface area contributed by atoms with E-state index in [-0.39, 0.29) is 30.8 Å². The van der Waals surface area contributed by atoms with E-state index in [0.717, 1.165) is 0 Å². The zero-order valence-electron chi connectivity index (χ0n) is 14.4. The van der Waals surface area contributed by atoms with Gasteiger partial charge in [0.2, 0.25) is 11.8 Å². The Bertz CT molecular complexity index is 662. The summed E-state index contributed by atoms with van der Waals surface area (Å²) in [6.45, 7) is 3.53. The summed E-state index contributed by atoms with van der Waals surface area (Å²) in [5.74, 6) is -2.27. The first kappa shape index (κ1) is 18.9. The second-order valence-corrected chi connectivity index (χ2v) is 6.64. The van der Waals surface area contributed by atoms with Crippen LogP contribution in [0, 0.1) is 11.7 Å². The van der Waals surface area contributed by atoms with Crippen molar-refractivity contribution in [2.45, 2.75) is 51.7 Å². The van der Waals surface area contributed by atoms with Crippen molar-refractivity contribution in [3.05, 3.63) is 35.6 Å². The molecule has 6 nitrogen and oxygen atoms in total. The number of amides is 2. The minimum Gasteiger partial charge on any atom is -0.480 e. The van der Waals surface area contributed by atoms with E-state index in [2.05, 4.69) is 5.32 Å². The molecule has 0 spiro atoms. The van der Waals surface area contributed by atoms with E-state index in [1.807, 2.05) is 0 Å². The molecular weight excluding hydrogens is 327 g/mol. The number of benzene rings is 1. The third-order valence-electron chi connectivity index (χ3n) is 4.42. The maximum Gasteiger partial charge on any atom is 0.326 e. The van der Waals surface area contributed by atoms with E-state index in [0.29, 0.717) is 18.4 Å². The zero-order chi connectivity index (χ0) is 18.6. The summed E-state index contributed by atoms with van der Waals surface area (Å²) in [4.78, 5) is 37.0. The number of carboxylic acid groups (broad SMARTS) is 1. The molecule has 1 heterocycles. The minimum absolute atomic E-state index is 0.0106. The van der Waals surface area contributed by atoms with Crippen LogP contribution in [0.4, 0.5) is 4.39 Å². The van der Waals surface area contributed by atoms with Gasteiger partial charge in [-0.2, -0.15) is 0 Å². The third kappa shape index (κ3) is 4.78. The molecule has 1 aromatic carbocycles. The van der Waals surface area contributed by atoms with E-state index in [1.165, 1.54) is 11.0 Å². The molecule has 7 heteroatoms. The van der Waals surface area contributed by atoms with Crippen molar-refractivity contribution < 1.29 is 23.9 Å². The number of likely N-dealkylation sites (tertiary alicyclic amines) is 1. The summed E-state index contributed by atoms with van der Waals surface area (Å²) in [5, 5.41) is 11.7. The van der Waals surface area contributed by atoms with Gasteiger partial charge in [0.1, 0.15) is 11.9 Å². The molecule has 0 saturated carbocycles. The van der Waals surface area contributed by atoms with Gasteiger partial charge < -0.3 is 15.3 Å². The number of aliphatic carboxylic acids is 1. The molecule has 0 aliphatic carbocycles. The number of carboxylic acids is 1. The van der Waals surface area contributed by atoms with Gasteiger partial charge in [0, 0.05) is 31.0 Å². The number of nitrogens with zero attached hydrogens (tertiary/aromatic N) is 1. The van der Waals surface area contributed by atoms with Crippen LogP contribution in [0.1, 0.15) is 38.7 Å². The Kier molecular flexibility index (Phi) is 6.12. The summed E-state index contributed by atoms with van der Waals surface area (Å²) in [6, 6.07) is 4.89. The standard InChI is InChI=1S/C18H23FN2O4/c1-11(2)17(18(24)25)20-15(22)9-13-7-8-16(23)21(13)10-12-5-3-4-6-14(12)19/h3-6,11,13,17H,7-10H2,1-2H3,(H,20,22)(H,24,25)/t13-,17-/m0/s1. The van der Waals surface area contributed by atoms with Gasteiger partial charge >= 0.3 is 5.97 Å². The van der Waals surface area contributed by atoms with Crippen molar-refractivity contribution in [3.63, 3.8) is 0 Å². The van der Waals surface area contributed by atoms with Crippen LogP contribution in [0.25, 0.3) is 0 Å². The van der Waals surface area contributed by atoms with Crippen LogP contribution in [0.2, 0.25) is 0 Å².